The van der Waals surface area contributed by atoms with E-state index in [1.807, 2.05) is 19.2 Å². The second-order valence-electron chi connectivity index (χ2n) is 11.2. The van der Waals surface area contributed by atoms with Crippen LogP contribution in [-0.4, -0.2) is 73.9 Å². The van der Waals surface area contributed by atoms with Crippen LogP contribution in [0.15, 0.2) is 36.4 Å². The van der Waals surface area contributed by atoms with Crippen molar-refractivity contribution in [1.82, 2.24) is 9.80 Å². The zero-order valence-corrected chi connectivity index (χ0v) is 22.1. The highest BCUT2D eigenvalue weighted by Crippen LogP contribution is 2.31. The van der Waals surface area contributed by atoms with Crippen molar-refractivity contribution in [2.45, 2.75) is 76.2 Å². The van der Waals surface area contributed by atoms with Crippen LogP contribution in [-0.2, 0) is 35.3 Å². The van der Waals surface area contributed by atoms with Crippen LogP contribution in [0.3, 0.4) is 0 Å². The Morgan fingerprint density at radius 3 is 2.65 bits per heavy atom. The van der Waals surface area contributed by atoms with E-state index in [9.17, 15) is 4.79 Å². The highest BCUT2D eigenvalue weighted by molar-refractivity contribution is 5.97. The quantitative estimate of drug-likeness (QED) is 0.559. The Balaban J connectivity index is 1.06. The third-order valence-electron chi connectivity index (χ3n) is 8.84. The van der Waals surface area contributed by atoms with Gasteiger partial charge in [0.05, 0.1) is 12.2 Å². The third kappa shape index (κ3) is 5.57. The smallest absolute Gasteiger partial charge is 0.254 e. The summed E-state index contributed by atoms with van der Waals surface area (Å²) in [5, 5.41) is 0. The molecule has 2 atom stereocenters. The number of carbonyl (C=O) groups excluding carboxylic acids is 1. The standard InChI is InChI=1S/C31H40N2O4/c1-35-27-11-13-32(14-12-27)20-22-4-5-24-18-26(7-6-23(24)17-22)33-15-10-25-19-28(8-9-30(25)31(33)34)37-21-29-3-2-16-36-29/h4-5,8-9,17,19,26-27,29H,2-3,6-7,10-16,18,20-21H2,1H3/t26-,29-/m0/s1. The number of aryl methyl sites for hydroxylation is 1. The van der Waals surface area contributed by atoms with Gasteiger partial charge in [0.25, 0.3) is 5.91 Å². The van der Waals surface area contributed by atoms with Crippen LogP contribution in [0.2, 0.25) is 0 Å². The van der Waals surface area contributed by atoms with Gasteiger partial charge < -0.3 is 19.1 Å². The Morgan fingerprint density at radius 2 is 1.84 bits per heavy atom. The Morgan fingerprint density at radius 1 is 0.946 bits per heavy atom. The molecule has 6 rings (SSSR count). The van der Waals surface area contributed by atoms with E-state index in [4.69, 9.17) is 14.2 Å². The second-order valence-corrected chi connectivity index (χ2v) is 11.2. The molecule has 4 aliphatic rings. The van der Waals surface area contributed by atoms with Crippen LogP contribution in [0.25, 0.3) is 0 Å². The molecule has 0 unspecified atom stereocenters. The molecule has 0 aromatic heterocycles. The molecule has 0 N–H and O–H groups in total. The summed E-state index contributed by atoms with van der Waals surface area (Å²) in [7, 11) is 1.83. The molecule has 1 amide bonds. The van der Waals surface area contributed by atoms with E-state index >= 15 is 0 Å². The average Bonchev–Trinajstić information content (AvgIpc) is 3.46. The van der Waals surface area contributed by atoms with Crippen LogP contribution < -0.4 is 4.74 Å². The molecule has 0 spiro atoms. The molecule has 2 aromatic carbocycles. The number of piperidine rings is 1. The first-order valence-corrected chi connectivity index (χ1v) is 14.2. The van der Waals surface area contributed by atoms with Gasteiger partial charge in [-0.3, -0.25) is 9.69 Å². The van der Waals surface area contributed by atoms with Gasteiger partial charge >= 0.3 is 0 Å². The van der Waals surface area contributed by atoms with Gasteiger partial charge in [0, 0.05) is 51.5 Å². The summed E-state index contributed by atoms with van der Waals surface area (Å²) in [6, 6.07) is 13.3. The lowest BCUT2D eigenvalue weighted by Crippen LogP contribution is -2.47. The normalized spacial score (nSPS) is 24.7. The topological polar surface area (TPSA) is 51.2 Å². The summed E-state index contributed by atoms with van der Waals surface area (Å²) in [5.41, 5.74) is 6.25. The number of nitrogens with zero attached hydrogens (tertiary/aromatic N) is 2. The van der Waals surface area contributed by atoms with Gasteiger partial charge in [0.2, 0.25) is 0 Å². The number of amides is 1. The van der Waals surface area contributed by atoms with Crippen LogP contribution in [0.4, 0.5) is 0 Å². The number of rotatable bonds is 7. The fourth-order valence-electron chi connectivity index (χ4n) is 6.60. The number of ether oxygens (including phenoxy) is 3. The van der Waals surface area contributed by atoms with Gasteiger partial charge in [-0.25, -0.2) is 0 Å². The molecular weight excluding hydrogens is 464 g/mol. The maximum atomic E-state index is 13.5. The highest BCUT2D eigenvalue weighted by atomic mass is 16.5. The first kappa shape index (κ1) is 24.9. The summed E-state index contributed by atoms with van der Waals surface area (Å²) in [4.78, 5) is 18.2. The lowest BCUT2D eigenvalue weighted by atomic mass is 9.85. The molecule has 37 heavy (non-hydrogen) atoms. The minimum Gasteiger partial charge on any atom is -0.491 e. The summed E-state index contributed by atoms with van der Waals surface area (Å²) >= 11 is 0. The van der Waals surface area contributed by atoms with Crippen LogP contribution in [0.5, 0.6) is 5.75 Å². The number of methoxy groups -OCH3 is 1. The van der Waals surface area contributed by atoms with E-state index in [1.54, 1.807) is 0 Å². The third-order valence-corrected chi connectivity index (χ3v) is 8.84. The monoisotopic (exact) mass is 504 g/mol. The Kier molecular flexibility index (Phi) is 7.50. The highest BCUT2D eigenvalue weighted by Gasteiger charge is 2.32. The van der Waals surface area contributed by atoms with Gasteiger partial charge in [-0.15, -0.1) is 0 Å². The molecule has 6 nitrogen and oxygen atoms in total. The second kappa shape index (κ2) is 11.1. The van der Waals surface area contributed by atoms with Crippen molar-refractivity contribution < 1.29 is 19.0 Å². The van der Waals surface area contributed by atoms with Gasteiger partial charge in [-0.1, -0.05) is 18.2 Å². The van der Waals surface area contributed by atoms with E-state index in [0.29, 0.717) is 12.7 Å². The Bertz CT molecular complexity index is 1100. The number of hydrogen-bond donors (Lipinski definition) is 0. The summed E-state index contributed by atoms with van der Waals surface area (Å²) in [6.07, 6.45) is 8.99. The van der Waals surface area contributed by atoms with Crippen LogP contribution in [0, 0.1) is 0 Å². The molecule has 2 aromatic rings. The minimum atomic E-state index is 0.177. The van der Waals surface area contributed by atoms with Gasteiger partial charge in [0.15, 0.2) is 0 Å². The molecule has 3 aliphatic heterocycles. The maximum Gasteiger partial charge on any atom is 0.254 e. The molecule has 0 bridgehead atoms. The fraction of sp³-hybridized carbons (Fsp3) is 0.581. The van der Waals surface area contributed by atoms with Crippen LogP contribution in [0.1, 0.15) is 64.7 Å². The first-order chi connectivity index (χ1) is 18.2. The van der Waals surface area contributed by atoms with Crippen molar-refractivity contribution in [2.24, 2.45) is 0 Å². The lowest BCUT2D eigenvalue weighted by Gasteiger charge is -2.38. The molecule has 0 saturated carbocycles. The van der Waals surface area contributed by atoms with Crippen molar-refractivity contribution in [3.05, 3.63) is 64.2 Å². The Labute approximate surface area is 220 Å². The van der Waals surface area contributed by atoms with Crippen LogP contribution >= 0.6 is 0 Å². The molecule has 198 valence electrons. The predicted octanol–water partition coefficient (Wildman–Crippen LogP) is 4.41. The van der Waals surface area contributed by atoms with Gasteiger partial charge in [0.1, 0.15) is 12.4 Å². The SMILES string of the molecule is COC1CCN(Cc2ccc3c(c2)CC[C@H](N2CCc4cc(OC[C@@H]5CCCO5)ccc4C2=O)C3)CC1. The molecule has 0 radical (unpaired) electrons. The summed E-state index contributed by atoms with van der Waals surface area (Å²) < 4.78 is 17.2. The fourth-order valence-corrected chi connectivity index (χ4v) is 6.60. The van der Waals surface area contributed by atoms with Crippen molar-refractivity contribution >= 4 is 5.91 Å². The Hall–Kier alpha value is -2.41. The van der Waals surface area contributed by atoms with E-state index in [1.165, 1.54) is 16.7 Å². The molecule has 2 saturated heterocycles. The van der Waals surface area contributed by atoms with Crippen molar-refractivity contribution in [1.29, 1.82) is 0 Å². The number of benzene rings is 2. The number of carbonyl (C=O) groups is 1. The average molecular weight is 505 g/mol. The molecule has 2 fully saturated rings. The predicted molar refractivity (Wildman–Crippen MR) is 143 cm³/mol. The molecule has 6 heteroatoms. The van der Waals surface area contributed by atoms with E-state index < -0.39 is 0 Å². The summed E-state index contributed by atoms with van der Waals surface area (Å²) in [5.74, 6) is 1.03. The lowest BCUT2D eigenvalue weighted by molar-refractivity contribution is 0.0388. The number of fused-ring (bicyclic) bond motifs is 2. The molecule has 1 aliphatic carbocycles. The van der Waals surface area contributed by atoms with E-state index in [-0.39, 0.29) is 18.1 Å². The zero-order chi connectivity index (χ0) is 25.2. The summed E-state index contributed by atoms with van der Waals surface area (Å²) in [6.45, 7) is 5.46. The zero-order valence-electron chi connectivity index (χ0n) is 22.1. The van der Waals surface area contributed by atoms with E-state index in [0.717, 1.165) is 101 Å². The number of hydrogen-bond acceptors (Lipinski definition) is 5. The number of likely N-dealkylation sites (tertiary alicyclic amines) is 1. The first-order valence-electron chi connectivity index (χ1n) is 14.2. The van der Waals surface area contributed by atoms with E-state index in [2.05, 4.69) is 34.1 Å². The van der Waals surface area contributed by atoms with Crippen molar-refractivity contribution in [3.63, 3.8) is 0 Å². The largest absolute Gasteiger partial charge is 0.491 e. The minimum absolute atomic E-state index is 0.177. The van der Waals surface area contributed by atoms with Gasteiger partial charge in [-0.05, 0) is 91.8 Å². The van der Waals surface area contributed by atoms with Gasteiger partial charge in [-0.2, -0.15) is 0 Å². The molecule has 3 heterocycles. The molecular formula is C31H40N2O4. The van der Waals surface area contributed by atoms with Crippen molar-refractivity contribution in [3.8, 4) is 5.75 Å². The maximum absolute atomic E-state index is 13.5. The van der Waals surface area contributed by atoms with Crippen molar-refractivity contribution in [2.75, 3.05) is 40.0 Å².